The lowest BCUT2D eigenvalue weighted by Crippen LogP contribution is -2.12. The number of nitrogens with zero attached hydrogens (tertiary/aromatic N) is 4. The molecule has 1 N–H and O–H groups in total. The average molecular weight is 442 g/mol. The van der Waals surface area contributed by atoms with Crippen molar-refractivity contribution in [2.24, 2.45) is 0 Å². The van der Waals surface area contributed by atoms with Crippen molar-refractivity contribution in [2.45, 2.75) is 33.4 Å². The van der Waals surface area contributed by atoms with Crippen molar-refractivity contribution >= 4 is 45.6 Å². The molecule has 4 aromatic rings. The van der Waals surface area contributed by atoms with Crippen LogP contribution in [0, 0.1) is 6.92 Å². The number of carbonyl (C=O) groups is 1. The minimum Gasteiger partial charge on any atom is -0.486 e. The summed E-state index contributed by atoms with van der Waals surface area (Å²) in [6, 6.07) is 9.19. The zero-order valence-corrected chi connectivity index (χ0v) is 18.3. The van der Waals surface area contributed by atoms with E-state index in [0.29, 0.717) is 27.0 Å². The van der Waals surface area contributed by atoms with E-state index in [1.54, 1.807) is 36.7 Å². The van der Waals surface area contributed by atoms with Gasteiger partial charge in [0.25, 0.3) is 5.91 Å². The molecule has 9 heteroatoms. The number of pyridine rings is 1. The maximum absolute atomic E-state index is 12.8. The number of aromatic nitrogens is 4. The van der Waals surface area contributed by atoms with Crippen molar-refractivity contribution in [1.82, 2.24) is 19.7 Å². The lowest BCUT2D eigenvalue weighted by Gasteiger charge is -2.07. The van der Waals surface area contributed by atoms with Crippen LogP contribution in [0.15, 0.2) is 42.7 Å². The Kier molecular flexibility index (Phi) is 5.69. The highest BCUT2D eigenvalue weighted by molar-refractivity contribution is 7.13. The SMILES string of the molecule is Cc1nc(COc2ccc(Cl)cc2)sc1C(=O)Nc1cnc2c(cnn2C(C)C)c1. The Bertz CT molecular complexity index is 1200. The molecule has 0 saturated heterocycles. The standard InChI is InChI=1S/C21H20ClN5O2S/c1-12(2)27-20-14(9-24-27)8-16(10-23-20)26-21(28)19-13(3)25-18(30-19)11-29-17-6-4-15(22)5-7-17/h4-10,12H,11H2,1-3H3,(H,26,28). The van der Waals surface area contributed by atoms with Crippen LogP contribution in [-0.2, 0) is 6.61 Å². The number of amides is 1. The maximum atomic E-state index is 12.8. The highest BCUT2D eigenvalue weighted by Gasteiger charge is 2.17. The number of rotatable bonds is 6. The van der Waals surface area contributed by atoms with Crippen LogP contribution >= 0.6 is 22.9 Å². The summed E-state index contributed by atoms with van der Waals surface area (Å²) in [4.78, 5) is 22.2. The molecular weight excluding hydrogens is 422 g/mol. The quantitative estimate of drug-likeness (QED) is 0.441. The summed E-state index contributed by atoms with van der Waals surface area (Å²) in [7, 11) is 0. The second-order valence-corrected chi connectivity index (χ2v) is 8.56. The van der Waals surface area contributed by atoms with Crippen LogP contribution in [-0.4, -0.2) is 25.7 Å². The fourth-order valence-corrected chi connectivity index (χ4v) is 3.97. The predicted molar refractivity (Wildman–Crippen MR) is 119 cm³/mol. The van der Waals surface area contributed by atoms with Gasteiger partial charge in [-0.25, -0.2) is 14.6 Å². The Balaban J connectivity index is 1.45. The first-order valence-electron chi connectivity index (χ1n) is 9.40. The van der Waals surface area contributed by atoms with Crippen LogP contribution in [0.3, 0.4) is 0 Å². The second-order valence-electron chi connectivity index (χ2n) is 7.04. The molecule has 0 aliphatic carbocycles. The number of hydrogen-bond acceptors (Lipinski definition) is 6. The van der Waals surface area contributed by atoms with Crippen molar-refractivity contribution in [2.75, 3.05) is 5.32 Å². The molecule has 0 aliphatic rings. The normalized spacial score (nSPS) is 11.2. The number of nitrogens with one attached hydrogen (secondary N) is 1. The number of halogens is 1. The molecule has 30 heavy (non-hydrogen) atoms. The number of fused-ring (bicyclic) bond motifs is 1. The summed E-state index contributed by atoms with van der Waals surface area (Å²) in [5.41, 5.74) is 2.06. The van der Waals surface area contributed by atoms with Crippen LogP contribution in [0.5, 0.6) is 5.75 Å². The van der Waals surface area contributed by atoms with Crippen molar-refractivity contribution < 1.29 is 9.53 Å². The molecule has 1 aromatic carbocycles. The van der Waals surface area contributed by atoms with Crippen LogP contribution in [0.1, 0.15) is 40.3 Å². The van der Waals surface area contributed by atoms with Crippen LogP contribution in [0.25, 0.3) is 11.0 Å². The highest BCUT2D eigenvalue weighted by atomic mass is 35.5. The van der Waals surface area contributed by atoms with Gasteiger partial charge in [0.15, 0.2) is 5.65 Å². The molecule has 0 bridgehead atoms. The zero-order chi connectivity index (χ0) is 21.3. The zero-order valence-electron chi connectivity index (χ0n) is 16.7. The largest absolute Gasteiger partial charge is 0.486 e. The van der Waals surface area contributed by atoms with Gasteiger partial charge in [-0.1, -0.05) is 11.6 Å². The van der Waals surface area contributed by atoms with Gasteiger partial charge in [-0.15, -0.1) is 11.3 Å². The number of aryl methyl sites for hydroxylation is 1. The molecule has 0 spiro atoms. The minimum absolute atomic E-state index is 0.212. The van der Waals surface area contributed by atoms with E-state index < -0.39 is 0 Å². The molecule has 0 fully saturated rings. The number of anilines is 1. The van der Waals surface area contributed by atoms with E-state index in [4.69, 9.17) is 16.3 Å². The summed E-state index contributed by atoms with van der Waals surface area (Å²) in [6.07, 6.45) is 3.39. The van der Waals surface area contributed by atoms with E-state index in [0.717, 1.165) is 16.0 Å². The molecule has 0 atom stereocenters. The summed E-state index contributed by atoms with van der Waals surface area (Å²) in [5, 5.41) is 9.50. The van der Waals surface area contributed by atoms with Crippen molar-refractivity contribution in [3.8, 4) is 5.75 Å². The van der Waals surface area contributed by atoms with Gasteiger partial charge in [0, 0.05) is 16.5 Å². The highest BCUT2D eigenvalue weighted by Crippen LogP contribution is 2.24. The lowest BCUT2D eigenvalue weighted by atomic mass is 10.3. The average Bonchev–Trinajstić information content (AvgIpc) is 3.30. The Morgan fingerprint density at radius 3 is 2.77 bits per heavy atom. The van der Waals surface area contributed by atoms with Gasteiger partial charge >= 0.3 is 0 Å². The minimum atomic E-state index is -0.222. The van der Waals surface area contributed by atoms with Crippen molar-refractivity contribution in [3.63, 3.8) is 0 Å². The molecule has 1 amide bonds. The van der Waals surface area contributed by atoms with Gasteiger partial charge in [0.1, 0.15) is 22.2 Å². The van der Waals surface area contributed by atoms with E-state index in [2.05, 4.69) is 20.4 Å². The first-order chi connectivity index (χ1) is 14.4. The van der Waals surface area contributed by atoms with Crippen molar-refractivity contribution in [1.29, 1.82) is 0 Å². The van der Waals surface area contributed by atoms with E-state index >= 15 is 0 Å². The molecule has 7 nitrogen and oxygen atoms in total. The topological polar surface area (TPSA) is 81.9 Å². The van der Waals surface area contributed by atoms with Gasteiger partial charge in [-0.2, -0.15) is 5.10 Å². The molecule has 3 heterocycles. The Morgan fingerprint density at radius 2 is 2.03 bits per heavy atom. The lowest BCUT2D eigenvalue weighted by molar-refractivity contribution is 0.103. The Morgan fingerprint density at radius 1 is 1.27 bits per heavy atom. The van der Waals surface area contributed by atoms with Gasteiger partial charge in [-0.3, -0.25) is 4.79 Å². The van der Waals surface area contributed by atoms with E-state index in [-0.39, 0.29) is 18.6 Å². The fourth-order valence-electron chi connectivity index (χ4n) is 2.97. The number of benzene rings is 1. The number of hydrogen-bond donors (Lipinski definition) is 1. The monoisotopic (exact) mass is 441 g/mol. The number of ether oxygens (including phenoxy) is 1. The summed E-state index contributed by atoms with van der Waals surface area (Å²) in [5.74, 6) is 0.472. The third kappa shape index (κ3) is 4.29. The van der Waals surface area contributed by atoms with Crippen LogP contribution in [0.2, 0.25) is 5.02 Å². The van der Waals surface area contributed by atoms with E-state index in [1.807, 2.05) is 31.5 Å². The molecular formula is C21H20ClN5O2S. The molecule has 0 radical (unpaired) electrons. The Hall–Kier alpha value is -2.97. The molecule has 0 unspecified atom stereocenters. The maximum Gasteiger partial charge on any atom is 0.267 e. The van der Waals surface area contributed by atoms with Gasteiger partial charge in [0.05, 0.1) is 23.8 Å². The first kappa shape index (κ1) is 20.3. The second kappa shape index (κ2) is 8.41. The Labute approximate surface area is 182 Å². The first-order valence-corrected chi connectivity index (χ1v) is 10.6. The van der Waals surface area contributed by atoms with Crippen LogP contribution < -0.4 is 10.1 Å². The summed E-state index contributed by atoms with van der Waals surface area (Å²) in [6.45, 7) is 6.18. The summed E-state index contributed by atoms with van der Waals surface area (Å²) >= 11 is 7.19. The smallest absolute Gasteiger partial charge is 0.267 e. The number of carbonyl (C=O) groups excluding carboxylic acids is 1. The van der Waals surface area contributed by atoms with E-state index in [9.17, 15) is 4.79 Å². The molecule has 0 aliphatic heterocycles. The molecule has 3 aromatic heterocycles. The van der Waals surface area contributed by atoms with Gasteiger partial charge in [-0.05, 0) is 51.1 Å². The molecule has 4 rings (SSSR count). The molecule has 154 valence electrons. The third-order valence-corrected chi connectivity index (χ3v) is 5.79. The van der Waals surface area contributed by atoms with Gasteiger partial charge in [0.2, 0.25) is 0 Å². The van der Waals surface area contributed by atoms with E-state index in [1.165, 1.54) is 11.3 Å². The summed E-state index contributed by atoms with van der Waals surface area (Å²) < 4.78 is 7.57. The number of thiazole rings is 1. The van der Waals surface area contributed by atoms with Crippen molar-refractivity contribution in [3.05, 3.63) is 63.3 Å². The fraction of sp³-hybridized carbons (Fsp3) is 0.238. The third-order valence-electron chi connectivity index (χ3n) is 4.40. The van der Waals surface area contributed by atoms with Gasteiger partial charge < -0.3 is 10.1 Å². The van der Waals surface area contributed by atoms with Crippen LogP contribution in [0.4, 0.5) is 5.69 Å². The predicted octanol–water partition coefficient (Wildman–Crippen LogP) is 5.26. The molecule has 0 saturated carbocycles.